The molecule has 0 saturated carbocycles. The lowest BCUT2D eigenvalue weighted by Crippen LogP contribution is -2.45. The number of aromatic nitrogens is 2. The van der Waals surface area contributed by atoms with Crippen molar-refractivity contribution in [3.63, 3.8) is 0 Å². The summed E-state index contributed by atoms with van der Waals surface area (Å²) in [7, 11) is 0. The number of pyridine rings is 1. The van der Waals surface area contributed by atoms with E-state index in [9.17, 15) is 23.2 Å². The number of nitrogens with one attached hydrogen (secondary N) is 1. The van der Waals surface area contributed by atoms with Crippen molar-refractivity contribution in [2.75, 3.05) is 31.1 Å². The summed E-state index contributed by atoms with van der Waals surface area (Å²) in [4.78, 5) is 22.2. The van der Waals surface area contributed by atoms with Gasteiger partial charge in [-0.2, -0.15) is 18.4 Å². The molecule has 1 atom stereocenters. The van der Waals surface area contributed by atoms with E-state index in [0.29, 0.717) is 37.4 Å². The van der Waals surface area contributed by atoms with Crippen LogP contribution >= 0.6 is 11.6 Å². The van der Waals surface area contributed by atoms with Gasteiger partial charge in [-0.3, -0.25) is 4.79 Å². The van der Waals surface area contributed by atoms with E-state index in [-0.39, 0.29) is 27.5 Å². The number of piperidine rings is 1. The summed E-state index contributed by atoms with van der Waals surface area (Å²) in [6.07, 6.45) is -2.35. The van der Waals surface area contributed by atoms with Gasteiger partial charge in [0.15, 0.2) is 5.69 Å². The van der Waals surface area contributed by atoms with Crippen molar-refractivity contribution >= 4 is 34.2 Å². The number of likely N-dealkylation sites (tertiary alicyclic amines) is 1. The van der Waals surface area contributed by atoms with Gasteiger partial charge in [-0.15, -0.1) is 0 Å². The summed E-state index contributed by atoms with van der Waals surface area (Å²) in [6.45, 7) is 5.39. The van der Waals surface area contributed by atoms with Crippen molar-refractivity contribution in [2.24, 2.45) is 5.41 Å². The molecule has 1 unspecified atom stereocenters. The molecule has 30 heavy (non-hydrogen) atoms. The molecule has 2 saturated heterocycles. The lowest BCUT2D eigenvalue weighted by molar-refractivity contribution is -0.141. The van der Waals surface area contributed by atoms with Crippen molar-refractivity contribution in [1.29, 1.82) is 5.26 Å². The van der Waals surface area contributed by atoms with Gasteiger partial charge in [0.25, 0.3) is 0 Å². The number of hydrogen-bond acceptors (Lipinski definition) is 4. The van der Waals surface area contributed by atoms with Gasteiger partial charge in [0.1, 0.15) is 17.1 Å². The van der Waals surface area contributed by atoms with Crippen molar-refractivity contribution in [1.82, 2.24) is 14.9 Å². The van der Waals surface area contributed by atoms with Gasteiger partial charge in [-0.05, 0) is 26.2 Å². The molecule has 0 aromatic carbocycles. The third-order valence-corrected chi connectivity index (χ3v) is 6.72. The van der Waals surface area contributed by atoms with Gasteiger partial charge < -0.3 is 14.8 Å². The molecule has 1 spiro atoms. The van der Waals surface area contributed by atoms with E-state index in [1.807, 2.05) is 4.90 Å². The normalized spacial score (nSPS) is 22.2. The van der Waals surface area contributed by atoms with Crippen molar-refractivity contribution in [3.05, 3.63) is 22.0 Å². The van der Waals surface area contributed by atoms with Gasteiger partial charge in [0.05, 0.1) is 16.2 Å². The van der Waals surface area contributed by atoms with Gasteiger partial charge in [-0.1, -0.05) is 11.6 Å². The second-order valence-electron chi connectivity index (χ2n) is 8.30. The number of alkyl halides is 3. The van der Waals surface area contributed by atoms with E-state index in [2.05, 4.69) is 9.97 Å². The maximum absolute atomic E-state index is 13.8. The molecule has 0 bridgehead atoms. The molecule has 0 radical (unpaired) electrons. The molecule has 1 amide bonds. The van der Waals surface area contributed by atoms with E-state index in [0.717, 1.165) is 19.3 Å². The Morgan fingerprint density at radius 1 is 1.30 bits per heavy atom. The minimum atomic E-state index is -4.78. The number of rotatable bonds is 1. The molecular weight excluding hydrogens is 419 g/mol. The summed E-state index contributed by atoms with van der Waals surface area (Å²) < 4.78 is 41.3. The average molecular weight is 440 g/mol. The van der Waals surface area contributed by atoms with Crippen molar-refractivity contribution < 1.29 is 18.0 Å². The Morgan fingerprint density at radius 3 is 2.63 bits per heavy atom. The van der Waals surface area contributed by atoms with E-state index in [1.54, 1.807) is 17.9 Å². The molecular formula is C20H21ClF3N5O. The van der Waals surface area contributed by atoms with Crippen LogP contribution in [0.25, 0.3) is 11.0 Å². The zero-order valence-electron chi connectivity index (χ0n) is 16.7. The highest BCUT2D eigenvalue weighted by Crippen LogP contribution is 2.45. The molecule has 4 heterocycles. The molecule has 160 valence electrons. The third kappa shape index (κ3) is 3.27. The lowest BCUT2D eigenvalue weighted by atomic mass is 9.79. The number of H-pyrrole nitrogens is 1. The fraction of sp³-hybridized carbons (Fsp3) is 0.550. The van der Waals surface area contributed by atoms with Crippen LogP contribution in [0.2, 0.25) is 5.02 Å². The average Bonchev–Trinajstić information content (AvgIpc) is 3.21. The fourth-order valence-electron chi connectivity index (χ4n) is 4.83. The largest absolute Gasteiger partial charge is 0.434 e. The number of aryl methyl sites for hydroxylation is 1. The lowest BCUT2D eigenvalue weighted by Gasteiger charge is -2.42. The first-order valence-electron chi connectivity index (χ1n) is 9.76. The molecule has 2 aliphatic rings. The molecule has 10 heteroatoms. The Morgan fingerprint density at radius 2 is 2.03 bits per heavy atom. The maximum Gasteiger partial charge on any atom is 0.434 e. The standard InChI is InChI=1S/C20H21ClF3N5O/c1-11-14(21)15-16(26-11)17(13(8-25)18(27-15)20(22,23)24)29-6-3-4-19(10-29)5-7-28(9-19)12(2)30/h26H,3-7,9-10H2,1-2H3. The monoisotopic (exact) mass is 439 g/mol. The van der Waals surface area contributed by atoms with Crippen LogP contribution in [0, 0.1) is 23.7 Å². The van der Waals surface area contributed by atoms with Crippen LogP contribution in [0.15, 0.2) is 0 Å². The highest BCUT2D eigenvalue weighted by molar-refractivity contribution is 6.36. The first kappa shape index (κ1) is 20.8. The second kappa shape index (κ2) is 7.05. The number of fused-ring (bicyclic) bond motifs is 1. The topological polar surface area (TPSA) is 76.0 Å². The number of nitriles is 1. The fourth-order valence-corrected chi connectivity index (χ4v) is 5.02. The van der Waals surface area contributed by atoms with Crippen LogP contribution in [0.5, 0.6) is 0 Å². The predicted octanol–water partition coefficient (Wildman–Crippen LogP) is 4.25. The van der Waals surface area contributed by atoms with Crippen LogP contribution in [0.4, 0.5) is 18.9 Å². The van der Waals surface area contributed by atoms with Crippen LogP contribution in [0.3, 0.4) is 0 Å². The first-order valence-corrected chi connectivity index (χ1v) is 10.1. The summed E-state index contributed by atoms with van der Waals surface area (Å²) in [5.74, 6) is -0.000791. The Labute approximate surface area is 176 Å². The molecule has 1 N–H and O–H groups in total. The van der Waals surface area contributed by atoms with Crippen LogP contribution in [-0.4, -0.2) is 47.0 Å². The minimum absolute atomic E-state index is 0.000791. The number of carbonyl (C=O) groups excluding carboxylic acids is 1. The highest BCUT2D eigenvalue weighted by Gasteiger charge is 2.45. The molecule has 2 aromatic rings. The van der Waals surface area contributed by atoms with E-state index in [1.165, 1.54) is 6.92 Å². The molecule has 0 aliphatic carbocycles. The van der Waals surface area contributed by atoms with E-state index in [4.69, 9.17) is 11.6 Å². The Balaban J connectivity index is 1.86. The zero-order valence-corrected chi connectivity index (χ0v) is 17.4. The van der Waals surface area contributed by atoms with Crippen LogP contribution < -0.4 is 4.90 Å². The molecule has 2 fully saturated rings. The minimum Gasteiger partial charge on any atom is -0.368 e. The summed E-state index contributed by atoms with van der Waals surface area (Å²) in [6, 6.07) is 1.74. The Hall–Kier alpha value is -2.47. The number of amides is 1. The molecule has 2 aliphatic heterocycles. The van der Waals surface area contributed by atoms with Crippen molar-refractivity contribution in [3.8, 4) is 6.07 Å². The van der Waals surface area contributed by atoms with E-state index >= 15 is 0 Å². The quantitative estimate of drug-likeness (QED) is 0.720. The number of nitrogens with zero attached hydrogens (tertiary/aromatic N) is 4. The molecule has 4 rings (SSSR count). The second-order valence-corrected chi connectivity index (χ2v) is 8.67. The van der Waals surface area contributed by atoms with Gasteiger partial charge in [0, 0.05) is 44.2 Å². The van der Waals surface area contributed by atoms with Gasteiger partial charge in [0.2, 0.25) is 5.91 Å². The number of hydrogen-bond donors (Lipinski definition) is 1. The number of anilines is 1. The van der Waals surface area contributed by atoms with Crippen LogP contribution in [-0.2, 0) is 11.0 Å². The van der Waals surface area contributed by atoms with Gasteiger partial charge >= 0.3 is 6.18 Å². The molecule has 2 aromatic heterocycles. The summed E-state index contributed by atoms with van der Waals surface area (Å²) in [5.41, 5.74) is -0.844. The Bertz CT molecular complexity index is 1070. The number of halogens is 4. The molecule has 6 nitrogen and oxygen atoms in total. The smallest absolute Gasteiger partial charge is 0.368 e. The number of aromatic amines is 1. The first-order chi connectivity index (χ1) is 14.1. The van der Waals surface area contributed by atoms with E-state index < -0.39 is 17.4 Å². The third-order valence-electron chi connectivity index (χ3n) is 6.26. The zero-order chi connectivity index (χ0) is 21.8. The van der Waals surface area contributed by atoms with Crippen LogP contribution in [0.1, 0.15) is 43.1 Å². The summed E-state index contributed by atoms with van der Waals surface area (Å²) >= 11 is 6.24. The maximum atomic E-state index is 13.8. The Kier molecular flexibility index (Phi) is 4.88. The highest BCUT2D eigenvalue weighted by atomic mass is 35.5. The SMILES string of the molecule is CC(=O)N1CCC2(CCCN(c3c(C#N)c(C(F)(F)F)nc4c(Cl)c(C)[nH]c34)C2)C1. The predicted molar refractivity (Wildman–Crippen MR) is 106 cm³/mol. The van der Waals surface area contributed by atoms with Gasteiger partial charge in [-0.25, -0.2) is 4.98 Å². The summed E-state index contributed by atoms with van der Waals surface area (Å²) in [5, 5.41) is 9.81. The number of carbonyl (C=O) groups is 1. The van der Waals surface area contributed by atoms with Crippen molar-refractivity contribution in [2.45, 2.75) is 39.3 Å².